The van der Waals surface area contributed by atoms with Crippen molar-refractivity contribution in [3.63, 3.8) is 0 Å². The largest absolute Gasteiger partial charge is 0.299 e. The fraction of sp³-hybridized carbons (Fsp3) is 0.562. The van der Waals surface area contributed by atoms with Crippen molar-refractivity contribution in [3.8, 4) is 0 Å². The van der Waals surface area contributed by atoms with E-state index >= 15 is 0 Å². The number of rotatable bonds is 5. The number of nitrogens with zero attached hydrogens (tertiary/aromatic N) is 1. The fourth-order valence-electron chi connectivity index (χ4n) is 2.92. The molecular formula is C16H21NO3. The fourth-order valence-corrected chi connectivity index (χ4v) is 2.92. The van der Waals surface area contributed by atoms with E-state index in [2.05, 4.69) is 0 Å². The molecule has 4 heteroatoms. The molecule has 1 aliphatic carbocycles. The van der Waals surface area contributed by atoms with Gasteiger partial charge >= 0.3 is 0 Å². The number of nitro benzene ring substituents is 1. The first-order valence-corrected chi connectivity index (χ1v) is 7.35. The van der Waals surface area contributed by atoms with E-state index in [0.29, 0.717) is 12.3 Å². The number of benzene rings is 1. The molecule has 0 bridgehead atoms. The monoisotopic (exact) mass is 275 g/mol. The van der Waals surface area contributed by atoms with Crippen molar-refractivity contribution in [1.82, 2.24) is 0 Å². The molecule has 0 aromatic heterocycles. The van der Waals surface area contributed by atoms with Crippen LogP contribution >= 0.6 is 0 Å². The maximum absolute atomic E-state index is 12.3. The first-order chi connectivity index (χ1) is 9.58. The number of carbonyl (C=O) groups is 1. The average Bonchev–Trinajstić information content (AvgIpc) is 2.47. The van der Waals surface area contributed by atoms with Crippen molar-refractivity contribution in [2.45, 2.75) is 51.4 Å². The van der Waals surface area contributed by atoms with Gasteiger partial charge in [0, 0.05) is 24.5 Å². The molecule has 1 aromatic carbocycles. The summed E-state index contributed by atoms with van der Waals surface area (Å²) in [6.45, 7) is 1.90. The van der Waals surface area contributed by atoms with Crippen LogP contribution in [0, 0.1) is 16.0 Å². The third kappa shape index (κ3) is 3.65. The van der Waals surface area contributed by atoms with Crippen molar-refractivity contribution >= 4 is 11.5 Å². The summed E-state index contributed by atoms with van der Waals surface area (Å²) in [6, 6.07) is 6.34. The summed E-state index contributed by atoms with van der Waals surface area (Å²) in [5.41, 5.74) is 0.942. The summed E-state index contributed by atoms with van der Waals surface area (Å²) in [5, 5.41) is 10.6. The lowest BCUT2D eigenvalue weighted by atomic mass is 9.82. The maximum atomic E-state index is 12.3. The lowest BCUT2D eigenvalue weighted by Gasteiger charge is -2.22. The van der Waals surface area contributed by atoms with Crippen LogP contribution in [0.5, 0.6) is 0 Å². The minimum Gasteiger partial charge on any atom is -0.299 e. The van der Waals surface area contributed by atoms with Crippen LogP contribution in [0.4, 0.5) is 5.69 Å². The Morgan fingerprint density at radius 3 is 2.40 bits per heavy atom. The smallest absolute Gasteiger partial charge is 0.269 e. The highest BCUT2D eigenvalue weighted by Gasteiger charge is 2.22. The van der Waals surface area contributed by atoms with Gasteiger partial charge in [-0.05, 0) is 11.5 Å². The molecule has 1 unspecified atom stereocenters. The van der Waals surface area contributed by atoms with Crippen LogP contribution in [0.15, 0.2) is 24.3 Å². The second kappa shape index (κ2) is 6.64. The van der Waals surface area contributed by atoms with Gasteiger partial charge in [-0.3, -0.25) is 14.9 Å². The molecule has 2 rings (SSSR count). The van der Waals surface area contributed by atoms with Gasteiger partial charge in [0.25, 0.3) is 5.69 Å². The molecule has 20 heavy (non-hydrogen) atoms. The Kier molecular flexibility index (Phi) is 4.88. The number of hydrogen-bond acceptors (Lipinski definition) is 3. The van der Waals surface area contributed by atoms with Crippen molar-refractivity contribution in [1.29, 1.82) is 0 Å². The number of non-ortho nitro benzene ring substituents is 1. The molecule has 0 saturated heterocycles. The van der Waals surface area contributed by atoms with Crippen LogP contribution in [-0.4, -0.2) is 10.7 Å². The van der Waals surface area contributed by atoms with Gasteiger partial charge in [0.2, 0.25) is 0 Å². The Labute approximate surface area is 119 Å². The lowest BCUT2D eigenvalue weighted by Crippen LogP contribution is -2.16. The Hall–Kier alpha value is -1.71. The summed E-state index contributed by atoms with van der Waals surface area (Å²) in [6.07, 6.45) is 6.76. The normalized spacial score (nSPS) is 17.6. The summed E-state index contributed by atoms with van der Waals surface area (Å²) in [7, 11) is 0. The zero-order valence-corrected chi connectivity index (χ0v) is 11.9. The van der Waals surface area contributed by atoms with Gasteiger partial charge in [-0.2, -0.15) is 0 Å². The third-order valence-corrected chi connectivity index (χ3v) is 4.30. The Morgan fingerprint density at radius 1 is 1.25 bits per heavy atom. The van der Waals surface area contributed by atoms with E-state index in [0.717, 1.165) is 5.56 Å². The van der Waals surface area contributed by atoms with Gasteiger partial charge in [0.05, 0.1) is 4.92 Å². The number of nitro groups is 1. The third-order valence-electron chi connectivity index (χ3n) is 4.30. The van der Waals surface area contributed by atoms with E-state index in [1.807, 2.05) is 6.92 Å². The standard InChI is InChI=1S/C16H21NO3/c1-12(14-7-9-15(10-8-14)17(19)20)16(18)11-13-5-3-2-4-6-13/h7-10,12-13H,2-6,11H2,1H3. The SMILES string of the molecule is CC(C(=O)CC1CCCCC1)c1ccc([N+](=O)[O-])cc1. The van der Waals surface area contributed by atoms with Crippen molar-refractivity contribution in [3.05, 3.63) is 39.9 Å². The molecule has 1 aliphatic rings. The van der Waals surface area contributed by atoms with Gasteiger partial charge in [-0.15, -0.1) is 0 Å². The summed E-state index contributed by atoms with van der Waals surface area (Å²) in [5.74, 6) is 0.625. The highest BCUT2D eigenvalue weighted by Crippen LogP contribution is 2.29. The van der Waals surface area contributed by atoms with Crippen LogP contribution in [0.2, 0.25) is 0 Å². The predicted molar refractivity (Wildman–Crippen MR) is 77.7 cm³/mol. The summed E-state index contributed by atoms with van der Waals surface area (Å²) in [4.78, 5) is 22.5. The van der Waals surface area contributed by atoms with E-state index in [-0.39, 0.29) is 17.4 Å². The molecule has 1 atom stereocenters. The van der Waals surface area contributed by atoms with E-state index in [1.165, 1.54) is 44.2 Å². The van der Waals surface area contributed by atoms with Gasteiger partial charge in [-0.25, -0.2) is 0 Å². The second-order valence-corrected chi connectivity index (χ2v) is 5.74. The highest BCUT2D eigenvalue weighted by molar-refractivity contribution is 5.85. The molecular weight excluding hydrogens is 254 g/mol. The quantitative estimate of drug-likeness (QED) is 0.596. The molecule has 108 valence electrons. The topological polar surface area (TPSA) is 60.2 Å². The number of ketones is 1. The van der Waals surface area contributed by atoms with Gasteiger partial charge < -0.3 is 0 Å². The highest BCUT2D eigenvalue weighted by atomic mass is 16.6. The van der Waals surface area contributed by atoms with E-state index < -0.39 is 4.92 Å². The van der Waals surface area contributed by atoms with Crippen LogP contribution in [0.25, 0.3) is 0 Å². The Bertz CT molecular complexity index is 475. The average molecular weight is 275 g/mol. The van der Waals surface area contributed by atoms with Crippen molar-refractivity contribution in [2.75, 3.05) is 0 Å². The molecule has 0 aliphatic heterocycles. The molecule has 4 nitrogen and oxygen atoms in total. The summed E-state index contributed by atoms with van der Waals surface area (Å²) < 4.78 is 0. The minimum absolute atomic E-state index is 0.0701. The molecule has 1 aromatic rings. The van der Waals surface area contributed by atoms with Gasteiger partial charge in [0.1, 0.15) is 5.78 Å². The molecule has 1 fully saturated rings. The van der Waals surface area contributed by atoms with Crippen LogP contribution in [-0.2, 0) is 4.79 Å². The van der Waals surface area contributed by atoms with Crippen LogP contribution in [0.3, 0.4) is 0 Å². The number of Topliss-reactive ketones (excluding diaryl/α,β-unsaturated/α-hetero) is 1. The molecule has 0 radical (unpaired) electrons. The zero-order chi connectivity index (χ0) is 14.5. The summed E-state index contributed by atoms with van der Waals surface area (Å²) >= 11 is 0. The Balaban J connectivity index is 1.96. The van der Waals surface area contributed by atoms with Crippen molar-refractivity contribution < 1.29 is 9.72 Å². The first-order valence-electron chi connectivity index (χ1n) is 7.35. The minimum atomic E-state index is -0.418. The van der Waals surface area contributed by atoms with Crippen molar-refractivity contribution in [2.24, 2.45) is 5.92 Å². The van der Waals surface area contributed by atoms with E-state index in [9.17, 15) is 14.9 Å². The number of carbonyl (C=O) groups excluding carboxylic acids is 1. The van der Waals surface area contributed by atoms with Gasteiger partial charge in [-0.1, -0.05) is 51.2 Å². The van der Waals surface area contributed by atoms with Gasteiger partial charge in [0.15, 0.2) is 0 Å². The number of hydrogen-bond donors (Lipinski definition) is 0. The molecule has 0 amide bonds. The lowest BCUT2D eigenvalue weighted by molar-refractivity contribution is -0.384. The zero-order valence-electron chi connectivity index (χ0n) is 11.9. The first kappa shape index (κ1) is 14.7. The van der Waals surface area contributed by atoms with Crippen LogP contribution in [0.1, 0.15) is 56.9 Å². The van der Waals surface area contributed by atoms with E-state index in [4.69, 9.17) is 0 Å². The molecule has 1 saturated carbocycles. The second-order valence-electron chi connectivity index (χ2n) is 5.74. The molecule has 0 spiro atoms. The van der Waals surface area contributed by atoms with Crippen LogP contribution < -0.4 is 0 Å². The molecule has 0 N–H and O–H groups in total. The maximum Gasteiger partial charge on any atom is 0.269 e. The predicted octanol–water partition coefficient (Wildman–Crippen LogP) is 4.24. The Morgan fingerprint density at radius 2 is 1.85 bits per heavy atom. The molecule has 0 heterocycles. The van der Waals surface area contributed by atoms with E-state index in [1.54, 1.807) is 12.1 Å².